The maximum atomic E-state index is 11.3. The molecular weight excluding hydrogens is 180 g/mol. The van der Waals surface area contributed by atoms with Gasteiger partial charge in [-0.2, -0.15) is 0 Å². The molecule has 0 saturated heterocycles. The zero-order chi connectivity index (χ0) is 10.4. The van der Waals surface area contributed by atoms with Gasteiger partial charge in [0.2, 0.25) is 0 Å². The van der Waals surface area contributed by atoms with Gasteiger partial charge >= 0.3 is 0 Å². The molecule has 0 radical (unpaired) electrons. The van der Waals surface area contributed by atoms with Crippen LogP contribution in [0.1, 0.15) is 39.0 Å². The number of hydrogen-bond acceptors (Lipinski definition) is 3. The smallest absolute Gasteiger partial charge is 0.135 e. The third-order valence-corrected chi connectivity index (χ3v) is 4.50. The van der Waals surface area contributed by atoms with E-state index in [4.69, 9.17) is 0 Å². The van der Waals surface area contributed by atoms with Gasteiger partial charge in [0.15, 0.2) is 0 Å². The van der Waals surface area contributed by atoms with E-state index in [0.717, 1.165) is 12.8 Å². The molecule has 0 aromatic rings. The van der Waals surface area contributed by atoms with Gasteiger partial charge in [0.1, 0.15) is 5.78 Å². The molecule has 2 saturated carbocycles. The van der Waals surface area contributed by atoms with Gasteiger partial charge in [-0.05, 0) is 25.2 Å². The molecular formula is C11H18O3. The number of aliphatic hydroxyl groups excluding tert-OH is 1. The third kappa shape index (κ3) is 1.15. The van der Waals surface area contributed by atoms with Crippen molar-refractivity contribution in [2.24, 2.45) is 11.3 Å². The van der Waals surface area contributed by atoms with E-state index in [1.807, 2.05) is 6.92 Å². The summed E-state index contributed by atoms with van der Waals surface area (Å²) in [5.41, 5.74) is -1.08. The van der Waals surface area contributed by atoms with Gasteiger partial charge in [-0.1, -0.05) is 6.92 Å². The lowest BCUT2D eigenvalue weighted by Gasteiger charge is -2.45. The summed E-state index contributed by atoms with van der Waals surface area (Å²) in [5, 5.41) is 19.7. The summed E-state index contributed by atoms with van der Waals surface area (Å²) < 4.78 is 0. The quantitative estimate of drug-likeness (QED) is 0.657. The lowest BCUT2D eigenvalue weighted by molar-refractivity contribution is -0.144. The number of hydrogen-bond donors (Lipinski definition) is 2. The number of carbonyl (C=O) groups is 1. The number of carbonyl (C=O) groups excluding carboxylic acids is 1. The van der Waals surface area contributed by atoms with Gasteiger partial charge in [-0.3, -0.25) is 4.79 Å². The van der Waals surface area contributed by atoms with Crippen molar-refractivity contribution >= 4 is 5.78 Å². The van der Waals surface area contributed by atoms with E-state index in [2.05, 4.69) is 0 Å². The summed E-state index contributed by atoms with van der Waals surface area (Å²) in [4.78, 5) is 11.3. The van der Waals surface area contributed by atoms with E-state index in [9.17, 15) is 15.0 Å². The van der Waals surface area contributed by atoms with Gasteiger partial charge in [-0.15, -0.1) is 0 Å². The van der Waals surface area contributed by atoms with E-state index < -0.39 is 5.60 Å². The third-order valence-electron chi connectivity index (χ3n) is 4.50. The Balaban J connectivity index is 2.29. The standard InChI is InChI=1S/C11H18O3/c1-10-4-3-9(13)6-11(10,14)5-2-8(10)7-12/h8,12,14H,2-7H2,1H3/t8-,10-,11+/m1/s1. The van der Waals surface area contributed by atoms with Crippen LogP contribution in [0, 0.1) is 11.3 Å². The molecule has 0 aliphatic heterocycles. The minimum Gasteiger partial charge on any atom is -0.396 e. The first kappa shape index (κ1) is 10.1. The Morgan fingerprint density at radius 2 is 2.21 bits per heavy atom. The number of Topliss-reactive ketones (excluding diaryl/α,β-unsaturated/α-hetero) is 1. The monoisotopic (exact) mass is 198 g/mol. The molecule has 3 heteroatoms. The Morgan fingerprint density at radius 3 is 2.86 bits per heavy atom. The molecule has 0 amide bonds. The molecule has 14 heavy (non-hydrogen) atoms. The van der Waals surface area contributed by atoms with Gasteiger partial charge in [0.05, 0.1) is 5.60 Å². The zero-order valence-electron chi connectivity index (χ0n) is 8.62. The number of fused-ring (bicyclic) bond motifs is 1. The Labute approximate surface area is 84.1 Å². The van der Waals surface area contributed by atoms with Gasteiger partial charge < -0.3 is 10.2 Å². The SMILES string of the molecule is C[C@]12CCC(=O)C[C@@]1(O)CC[C@@H]2CO. The molecule has 0 spiro atoms. The van der Waals surface area contributed by atoms with Crippen LogP contribution in [0.4, 0.5) is 0 Å². The van der Waals surface area contributed by atoms with Gasteiger partial charge in [-0.25, -0.2) is 0 Å². The predicted molar refractivity (Wildman–Crippen MR) is 51.7 cm³/mol. The summed E-state index contributed by atoms with van der Waals surface area (Å²) in [6.07, 6.45) is 3.10. The fourth-order valence-corrected chi connectivity index (χ4v) is 3.23. The second-order valence-corrected chi connectivity index (χ2v) is 5.08. The summed E-state index contributed by atoms with van der Waals surface area (Å²) >= 11 is 0. The molecule has 0 aromatic carbocycles. The van der Waals surface area contributed by atoms with Crippen LogP contribution in [0.25, 0.3) is 0 Å². The van der Waals surface area contributed by atoms with Crippen molar-refractivity contribution in [3.8, 4) is 0 Å². The number of ketones is 1. The van der Waals surface area contributed by atoms with Crippen molar-refractivity contribution < 1.29 is 15.0 Å². The van der Waals surface area contributed by atoms with Crippen LogP contribution < -0.4 is 0 Å². The van der Waals surface area contributed by atoms with Crippen molar-refractivity contribution in [1.29, 1.82) is 0 Å². The highest BCUT2D eigenvalue weighted by atomic mass is 16.3. The average Bonchev–Trinajstić information content (AvgIpc) is 2.38. The maximum Gasteiger partial charge on any atom is 0.135 e. The molecule has 0 aromatic heterocycles. The first-order valence-electron chi connectivity index (χ1n) is 5.37. The Bertz CT molecular complexity index is 263. The summed E-state index contributed by atoms with van der Waals surface area (Å²) in [6, 6.07) is 0. The lowest BCUT2D eigenvalue weighted by atomic mass is 9.62. The first-order chi connectivity index (χ1) is 6.52. The van der Waals surface area contributed by atoms with Crippen molar-refractivity contribution in [1.82, 2.24) is 0 Å². The Hall–Kier alpha value is -0.410. The molecule has 3 nitrogen and oxygen atoms in total. The van der Waals surface area contributed by atoms with E-state index in [-0.39, 0.29) is 23.7 Å². The van der Waals surface area contributed by atoms with Crippen LogP contribution in [-0.2, 0) is 4.79 Å². The summed E-state index contributed by atoms with van der Waals surface area (Å²) in [5.74, 6) is 0.337. The molecule has 2 fully saturated rings. The molecule has 0 bridgehead atoms. The maximum absolute atomic E-state index is 11.3. The van der Waals surface area contributed by atoms with Crippen molar-refractivity contribution in [3.05, 3.63) is 0 Å². The Kier molecular flexibility index (Phi) is 2.20. The van der Waals surface area contributed by atoms with Crippen molar-refractivity contribution in [2.45, 2.75) is 44.6 Å². The van der Waals surface area contributed by atoms with Gasteiger partial charge in [0.25, 0.3) is 0 Å². The minimum atomic E-state index is -0.838. The van der Waals surface area contributed by atoms with Crippen LogP contribution >= 0.6 is 0 Å². The van der Waals surface area contributed by atoms with Crippen LogP contribution in [0.15, 0.2) is 0 Å². The molecule has 2 rings (SSSR count). The fourth-order valence-electron chi connectivity index (χ4n) is 3.23. The topological polar surface area (TPSA) is 57.5 Å². The van der Waals surface area contributed by atoms with E-state index in [0.29, 0.717) is 19.3 Å². The van der Waals surface area contributed by atoms with Crippen LogP contribution in [-0.4, -0.2) is 28.2 Å². The van der Waals surface area contributed by atoms with E-state index >= 15 is 0 Å². The zero-order valence-corrected chi connectivity index (χ0v) is 8.62. The van der Waals surface area contributed by atoms with Crippen LogP contribution in [0.3, 0.4) is 0 Å². The molecule has 80 valence electrons. The molecule has 2 aliphatic rings. The highest BCUT2D eigenvalue weighted by Crippen LogP contribution is 2.56. The van der Waals surface area contributed by atoms with Crippen LogP contribution in [0.2, 0.25) is 0 Å². The number of aliphatic hydroxyl groups is 2. The van der Waals surface area contributed by atoms with Crippen molar-refractivity contribution in [3.63, 3.8) is 0 Å². The Morgan fingerprint density at radius 1 is 1.50 bits per heavy atom. The summed E-state index contributed by atoms with van der Waals surface area (Å²) in [6.45, 7) is 2.15. The highest BCUT2D eigenvalue weighted by molar-refractivity contribution is 5.80. The molecule has 2 aliphatic carbocycles. The second-order valence-electron chi connectivity index (χ2n) is 5.08. The van der Waals surface area contributed by atoms with Crippen molar-refractivity contribution in [2.75, 3.05) is 6.61 Å². The largest absolute Gasteiger partial charge is 0.396 e. The first-order valence-corrected chi connectivity index (χ1v) is 5.37. The highest BCUT2D eigenvalue weighted by Gasteiger charge is 2.58. The van der Waals surface area contributed by atoms with E-state index in [1.54, 1.807) is 0 Å². The van der Waals surface area contributed by atoms with Gasteiger partial charge in [0, 0.05) is 24.9 Å². The fraction of sp³-hybridized carbons (Fsp3) is 0.909. The normalized spacial score (nSPS) is 47.9. The van der Waals surface area contributed by atoms with Crippen LogP contribution in [0.5, 0.6) is 0 Å². The average molecular weight is 198 g/mol. The lowest BCUT2D eigenvalue weighted by Crippen LogP contribution is -2.50. The summed E-state index contributed by atoms with van der Waals surface area (Å²) in [7, 11) is 0. The van der Waals surface area contributed by atoms with E-state index in [1.165, 1.54) is 0 Å². The molecule has 2 N–H and O–H groups in total. The predicted octanol–water partition coefficient (Wildman–Crippen LogP) is 0.879. The molecule has 3 atom stereocenters. The number of rotatable bonds is 1. The minimum absolute atomic E-state index is 0.132. The second kappa shape index (κ2) is 3.04. The molecule has 0 unspecified atom stereocenters. The molecule has 0 heterocycles.